The number of carbonyl (C=O) groups excluding carboxylic acids is 1. The number of halogens is 1. The van der Waals surface area contributed by atoms with Crippen LogP contribution >= 0.6 is 11.6 Å². The Labute approximate surface area is 151 Å². The summed E-state index contributed by atoms with van der Waals surface area (Å²) in [6, 6.07) is 11.9. The third-order valence-electron chi connectivity index (χ3n) is 3.79. The smallest absolute Gasteiger partial charge is 0.351 e. The van der Waals surface area contributed by atoms with Crippen LogP contribution in [0.15, 0.2) is 58.5 Å². The third-order valence-corrected chi connectivity index (χ3v) is 5.81. The van der Waals surface area contributed by atoms with Crippen molar-refractivity contribution in [1.29, 1.82) is 0 Å². The minimum absolute atomic E-state index is 0.0167. The topological polar surface area (TPSA) is 63.7 Å². The lowest BCUT2D eigenvalue weighted by molar-refractivity contribution is -0.137. The first-order valence-electron chi connectivity index (χ1n) is 7.64. The second-order valence-electron chi connectivity index (χ2n) is 5.53. The molecule has 1 aliphatic rings. The number of fused-ring (bicyclic) bond motifs is 1. The minimum atomic E-state index is -3.98. The van der Waals surface area contributed by atoms with Crippen LogP contribution < -0.4 is 4.90 Å². The van der Waals surface area contributed by atoms with Crippen LogP contribution in [0.5, 0.6) is 0 Å². The van der Waals surface area contributed by atoms with Gasteiger partial charge in [-0.2, -0.15) is 0 Å². The molecule has 130 valence electrons. The lowest BCUT2D eigenvalue weighted by Gasteiger charge is -2.28. The van der Waals surface area contributed by atoms with Crippen molar-refractivity contribution in [2.24, 2.45) is 0 Å². The van der Waals surface area contributed by atoms with E-state index in [2.05, 4.69) is 0 Å². The molecule has 0 radical (unpaired) electrons. The molecule has 7 heteroatoms. The van der Waals surface area contributed by atoms with Crippen molar-refractivity contribution >= 4 is 38.8 Å². The van der Waals surface area contributed by atoms with Crippen LogP contribution in [0.2, 0.25) is 5.02 Å². The van der Waals surface area contributed by atoms with E-state index in [1.165, 1.54) is 18.3 Å². The summed E-state index contributed by atoms with van der Waals surface area (Å²) in [5.41, 5.74) is 2.17. The highest BCUT2D eigenvalue weighted by molar-refractivity contribution is 7.96. The van der Waals surface area contributed by atoms with Gasteiger partial charge in [0.1, 0.15) is 0 Å². The van der Waals surface area contributed by atoms with Gasteiger partial charge in [0.05, 0.1) is 17.2 Å². The molecule has 0 atom stereocenters. The average molecular weight is 378 g/mol. The summed E-state index contributed by atoms with van der Waals surface area (Å²) in [6.45, 7) is 3.66. The van der Waals surface area contributed by atoms with E-state index < -0.39 is 20.7 Å². The van der Waals surface area contributed by atoms with Gasteiger partial charge in [-0.3, -0.25) is 0 Å². The average Bonchev–Trinajstić information content (AvgIpc) is 2.56. The standard InChI is InChI=1S/C18H16ClNO4S/c1-3-24-18(21)17-11-20(14-7-4-12(2)5-8-14)15-10-13(19)6-9-16(15)25(17,22)23/h4-11H,3H2,1-2H3. The Kier molecular flexibility index (Phi) is 4.58. The molecule has 0 fully saturated rings. The van der Waals surface area contributed by atoms with E-state index in [9.17, 15) is 13.2 Å². The second kappa shape index (κ2) is 6.54. The van der Waals surface area contributed by atoms with Gasteiger partial charge in [-0.15, -0.1) is 0 Å². The Morgan fingerprint density at radius 3 is 2.48 bits per heavy atom. The van der Waals surface area contributed by atoms with E-state index in [0.717, 1.165) is 5.56 Å². The predicted octanol–water partition coefficient (Wildman–Crippen LogP) is 3.98. The van der Waals surface area contributed by atoms with Gasteiger partial charge in [-0.05, 0) is 44.2 Å². The number of nitrogens with zero attached hydrogens (tertiary/aromatic N) is 1. The highest BCUT2D eigenvalue weighted by Gasteiger charge is 2.36. The van der Waals surface area contributed by atoms with Crippen LogP contribution in [0.25, 0.3) is 0 Å². The number of benzene rings is 2. The number of esters is 1. The lowest BCUT2D eigenvalue weighted by Crippen LogP contribution is -2.26. The molecule has 0 unspecified atom stereocenters. The Morgan fingerprint density at radius 2 is 1.84 bits per heavy atom. The first kappa shape index (κ1) is 17.5. The Morgan fingerprint density at radius 1 is 1.16 bits per heavy atom. The number of rotatable bonds is 3. The van der Waals surface area contributed by atoms with Crippen LogP contribution in [0.1, 0.15) is 12.5 Å². The molecule has 0 N–H and O–H groups in total. The SMILES string of the molecule is CCOC(=O)C1=CN(c2ccc(C)cc2)c2cc(Cl)ccc2S1(=O)=O. The monoisotopic (exact) mass is 377 g/mol. The summed E-state index contributed by atoms with van der Waals surface area (Å²) in [5.74, 6) is -0.875. The molecule has 5 nitrogen and oxygen atoms in total. The fourth-order valence-corrected chi connectivity index (χ4v) is 4.17. The van der Waals surface area contributed by atoms with Crippen molar-refractivity contribution in [3.63, 3.8) is 0 Å². The molecule has 25 heavy (non-hydrogen) atoms. The fraction of sp³-hybridized carbons (Fsp3) is 0.167. The van der Waals surface area contributed by atoms with Gasteiger partial charge < -0.3 is 9.64 Å². The summed E-state index contributed by atoms with van der Waals surface area (Å²) in [4.78, 5) is 13.5. The molecule has 0 saturated carbocycles. The number of ether oxygens (including phenoxy) is 1. The summed E-state index contributed by atoms with van der Waals surface area (Å²) in [7, 11) is -3.98. The molecule has 0 aliphatic carbocycles. The first-order valence-corrected chi connectivity index (χ1v) is 9.50. The molecule has 0 spiro atoms. The van der Waals surface area contributed by atoms with E-state index in [0.29, 0.717) is 16.4 Å². The Balaban J connectivity index is 2.24. The lowest BCUT2D eigenvalue weighted by atomic mass is 10.2. The van der Waals surface area contributed by atoms with Gasteiger partial charge in [-0.25, -0.2) is 13.2 Å². The zero-order valence-electron chi connectivity index (χ0n) is 13.7. The molecule has 0 aromatic heterocycles. The maximum atomic E-state index is 12.8. The van der Waals surface area contributed by atoms with Gasteiger partial charge in [0.25, 0.3) is 0 Å². The molecule has 0 amide bonds. The van der Waals surface area contributed by atoms with Crippen LogP contribution in [0.4, 0.5) is 11.4 Å². The predicted molar refractivity (Wildman–Crippen MR) is 96.7 cm³/mol. The molecule has 2 aromatic rings. The zero-order valence-corrected chi connectivity index (χ0v) is 15.3. The van der Waals surface area contributed by atoms with Gasteiger partial charge >= 0.3 is 5.97 Å². The van der Waals surface area contributed by atoms with E-state index >= 15 is 0 Å². The highest BCUT2D eigenvalue weighted by atomic mass is 35.5. The van der Waals surface area contributed by atoms with Crippen molar-refractivity contribution < 1.29 is 17.9 Å². The molecule has 3 rings (SSSR count). The Bertz CT molecular complexity index is 965. The summed E-state index contributed by atoms with van der Waals surface area (Å²) < 4.78 is 30.6. The largest absolute Gasteiger partial charge is 0.462 e. The maximum absolute atomic E-state index is 12.8. The molecule has 2 aromatic carbocycles. The number of carbonyl (C=O) groups is 1. The molecular formula is C18H16ClNO4S. The number of hydrogen-bond acceptors (Lipinski definition) is 5. The van der Waals surface area contributed by atoms with Crippen LogP contribution in [0, 0.1) is 6.92 Å². The van der Waals surface area contributed by atoms with Crippen molar-refractivity contribution in [3.05, 3.63) is 64.2 Å². The number of hydrogen-bond donors (Lipinski definition) is 0. The second-order valence-corrected chi connectivity index (χ2v) is 7.86. The normalized spacial score (nSPS) is 15.3. The van der Waals surface area contributed by atoms with Crippen molar-refractivity contribution in [2.45, 2.75) is 18.7 Å². The third kappa shape index (κ3) is 3.15. The van der Waals surface area contributed by atoms with Gasteiger partial charge in [0.2, 0.25) is 9.84 Å². The maximum Gasteiger partial charge on any atom is 0.351 e. The van der Waals surface area contributed by atoms with E-state index in [4.69, 9.17) is 16.3 Å². The summed E-state index contributed by atoms with van der Waals surface area (Å²) in [5, 5.41) is 0.402. The summed E-state index contributed by atoms with van der Waals surface area (Å²) >= 11 is 6.06. The van der Waals surface area contributed by atoms with Crippen molar-refractivity contribution in [2.75, 3.05) is 11.5 Å². The van der Waals surface area contributed by atoms with E-state index in [1.807, 2.05) is 31.2 Å². The molecule has 0 saturated heterocycles. The van der Waals surface area contributed by atoms with E-state index in [1.54, 1.807) is 17.9 Å². The van der Waals surface area contributed by atoms with Gasteiger partial charge in [0, 0.05) is 16.9 Å². The van der Waals surface area contributed by atoms with Crippen molar-refractivity contribution in [3.8, 4) is 0 Å². The summed E-state index contributed by atoms with van der Waals surface area (Å²) in [6.07, 6.45) is 1.29. The van der Waals surface area contributed by atoms with E-state index in [-0.39, 0.29) is 11.5 Å². The molecule has 1 heterocycles. The van der Waals surface area contributed by atoms with Crippen molar-refractivity contribution in [1.82, 2.24) is 0 Å². The molecule has 1 aliphatic heterocycles. The number of anilines is 2. The quantitative estimate of drug-likeness (QED) is 0.757. The molecular weight excluding hydrogens is 362 g/mol. The van der Waals surface area contributed by atoms with Gasteiger partial charge in [0.15, 0.2) is 4.91 Å². The highest BCUT2D eigenvalue weighted by Crippen LogP contribution is 2.41. The minimum Gasteiger partial charge on any atom is -0.462 e. The first-order chi connectivity index (χ1) is 11.8. The zero-order chi connectivity index (χ0) is 18.2. The number of aryl methyl sites for hydroxylation is 1. The van der Waals surface area contributed by atoms with Crippen LogP contribution in [0.3, 0.4) is 0 Å². The molecule has 0 bridgehead atoms. The Hall–Kier alpha value is -2.31. The van der Waals surface area contributed by atoms with Crippen LogP contribution in [-0.2, 0) is 19.4 Å². The number of sulfone groups is 1. The fourth-order valence-electron chi connectivity index (χ4n) is 2.56. The van der Waals surface area contributed by atoms with Gasteiger partial charge in [-0.1, -0.05) is 29.3 Å². The van der Waals surface area contributed by atoms with Crippen LogP contribution in [-0.4, -0.2) is 21.0 Å².